The highest BCUT2D eigenvalue weighted by atomic mass is 32.2. The third-order valence-corrected chi connectivity index (χ3v) is 4.87. The van der Waals surface area contributed by atoms with Gasteiger partial charge in [-0.15, -0.1) is 11.3 Å². The van der Waals surface area contributed by atoms with Gasteiger partial charge in [-0.2, -0.15) is 5.26 Å². The van der Waals surface area contributed by atoms with Crippen molar-refractivity contribution < 1.29 is 12.8 Å². The predicted octanol–water partition coefficient (Wildman–Crippen LogP) is 1.94. The highest BCUT2D eigenvalue weighted by Crippen LogP contribution is 2.18. The molecule has 0 bridgehead atoms. The molecule has 0 unspecified atom stereocenters. The van der Waals surface area contributed by atoms with Crippen molar-refractivity contribution in [3.63, 3.8) is 0 Å². The molecule has 1 aromatic heterocycles. The molecule has 5 nitrogen and oxygen atoms in total. The van der Waals surface area contributed by atoms with Gasteiger partial charge in [-0.05, 0) is 19.1 Å². The van der Waals surface area contributed by atoms with Crippen LogP contribution in [0.25, 0.3) is 0 Å². The summed E-state index contributed by atoms with van der Waals surface area (Å²) < 4.78 is 39.9. The summed E-state index contributed by atoms with van der Waals surface area (Å²) in [6.45, 7) is 1.80. The normalized spacial score (nSPS) is 11.2. The first-order chi connectivity index (χ1) is 9.44. The van der Waals surface area contributed by atoms with Crippen molar-refractivity contribution in [1.29, 1.82) is 5.26 Å². The van der Waals surface area contributed by atoms with Gasteiger partial charge in [-0.1, -0.05) is 6.07 Å². The first-order valence-electron chi connectivity index (χ1n) is 5.53. The summed E-state index contributed by atoms with van der Waals surface area (Å²) >= 11 is 1.32. The Labute approximate surface area is 119 Å². The number of nitriles is 1. The molecule has 0 atom stereocenters. The minimum Gasteiger partial charge on any atom is -0.245 e. The van der Waals surface area contributed by atoms with Crippen LogP contribution in [-0.2, 0) is 16.6 Å². The van der Waals surface area contributed by atoms with Crippen molar-refractivity contribution in [2.45, 2.75) is 18.4 Å². The van der Waals surface area contributed by atoms with E-state index in [-0.39, 0.29) is 11.4 Å². The number of hydrogen-bond acceptors (Lipinski definition) is 5. The van der Waals surface area contributed by atoms with Crippen LogP contribution in [0, 0.1) is 24.1 Å². The molecule has 0 fully saturated rings. The second-order valence-electron chi connectivity index (χ2n) is 3.93. The van der Waals surface area contributed by atoms with Gasteiger partial charge in [0.25, 0.3) is 0 Å². The molecule has 20 heavy (non-hydrogen) atoms. The van der Waals surface area contributed by atoms with Crippen molar-refractivity contribution in [3.05, 3.63) is 45.7 Å². The molecule has 0 amide bonds. The Bertz CT molecular complexity index is 778. The van der Waals surface area contributed by atoms with Crippen LogP contribution >= 0.6 is 11.3 Å². The van der Waals surface area contributed by atoms with Gasteiger partial charge in [-0.25, -0.2) is 22.5 Å². The van der Waals surface area contributed by atoms with Crippen molar-refractivity contribution in [1.82, 2.24) is 9.71 Å². The van der Waals surface area contributed by atoms with Crippen LogP contribution in [0.5, 0.6) is 0 Å². The van der Waals surface area contributed by atoms with E-state index in [1.165, 1.54) is 23.5 Å². The summed E-state index contributed by atoms with van der Waals surface area (Å²) in [5, 5.41) is 11.3. The standard InChI is InChI=1S/C12H10FN3O2S2/c1-8-7-19-12(16-8)6-15-20(17,18)11-4-2-3-10(13)9(11)5-14/h2-4,7,15H,6H2,1H3. The van der Waals surface area contributed by atoms with Crippen LogP contribution in [0.3, 0.4) is 0 Å². The van der Waals surface area contributed by atoms with Crippen molar-refractivity contribution in [2.24, 2.45) is 0 Å². The number of sulfonamides is 1. The van der Waals surface area contributed by atoms with Crippen LogP contribution < -0.4 is 4.72 Å². The maximum atomic E-state index is 13.4. The van der Waals surface area contributed by atoms with Gasteiger partial charge in [-0.3, -0.25) is 0 Å². The fraction of sp³-hybridized carbons (Fsp3) is 0.167. The lowest BCUT2D eigenvalue weighted by Gasteiger charge is -2.07. The first kappa shape index (κ1) is 14.6. The molecule has 0 saturated heterocycles. The topological polar surface area (TPSA) is 82.9 Å². The molecule has 0 aliphatic carbocycles. The Balaban J connectivity index is 2.27. The monoisotopic (exact) mass is 311 g/mol. The number of thiazole rings is 1. The van der Waals surface area contributed by atoms with E-state index >= 15 is 0 Å². The zero-order chi connectivity index (χ0) is 14.8. The molecule has 1 aromatic carbocycles. The van der Waals surface area contributed by atoms with Gasteiger partial charge in [0.2, 0.25) is 10.0 Å². The number of rotatable bonds is 4. The second kappa shape index (κ2) is 5.66. The van der Waals surface area contributed by atoms with Crippen molar-refractivity contribution >= 4 is 21.4 Å². The predicted molar refractivity (Wildman–Crippen MR) is 72.0 cm³/mol. The first-order valence-corrected chi connectivity index (χ1v) is 7.89. The fourth-order valence-electron chi connectivity index (χ4n) is 1.56. The van der Waals surface area contributed by atoms with Gasteiger partial charge in [0, 0.05) is 11.1 Å². The minimum absolute atomic E-state index is 0.00220. The second-order valence-corrected chi connectivity index (χ2v) is 6.61. The SMILES string of the molecule is Cc1csc(CNS(=O)(=O)c2cccc(F)c2C#N)n1. The summed E-state index contributed by atoms with van der Waals surface area (Å²) in [5.74, 6) is -0.861. The highest BCUT2D eigenvalue weighted by Gasteiger charge is 2.21. The van der Waals surface area contributed by atoms with E-state index in [0.717, 1.165) is 11.8 Å². The van der Waals surface area contributed by atoms with Gasteiger partial charge >= 0.3 is 0 Å². The Hall–Kier alpha value is -1.82. The van der Waals surface area contributed by atoms with E-state index in [2.05, 4.69) is 9.71 Å². The van der Waals surface area contributed by atoms with Crippen molar-refractivity contribution in [2.75, 3.05) is 0 Å². The number of benzene rings is 1. The Morgan fingerprint density at radius 1 is 1.50 bits per heavy atom. The summed E-state index contributed by atoms with van der Waals surface area (Å²) in [6.07, 6.45) is 0. The van der Waals surface area contributed by atoms with E-state index < -0.39 is 21.4 Å². The van der Waals surface area contributed by atoms with Crippen LogP contribution in [0.2, 0.25) is 0 Å². The number of halogens is 1. The lowest BCUT2D eigenvalue weighted by molar-refractivity contribution is 0.576. The Morgan fingerprint density at radius 3 is 2.85 bits per heavy atom. The minimum atomic E-state index is -3.96. The third kappa shape index (κ3) is 3.01. The van der Waals surface area contributed by atoms with Crippen molar-refractivity contribution in [3.8, 4) is 6.07 Å². The lowest BCUT2D eigenvalue weighted by Crippen LogP contribution is -2.24. The van der Waals surface area contributed by atoms with E-state index in [1.54, 1.807) is 18.4 Å². The zero-order valence-corrected chi connectivity index (χ0v) is 12.1. The quantitative estimate of drug-likeness (QED) is 0.935. The molecular weight excluding hydrogens is 301 g/mol. The summed E-state index contributed by atoms with van der Waals surface area (Å²) in [7, 11) is -3.96. The van der Waals surface area contributed by atoms with E-state index in [9.17, 15) is 12.8 Å². The van der Waals surface area contributed by atoms with Crippen LogP contribution in [0.1, 0.15) is 16.3 Å². The summed E-state index contributed by atoms with van der Waals surface area (Å²) in [4.78, 5) is 3.75. The smallest absolute Gasteiger partial charge is 0.242 e. The molecule has 0 aliphatic rings. The highest BCUT2D eigenvalue weighted by molar-refractivity contribution is 7.89. The van der Waals surface area contributed by atoms with Gasteiger partial charge in [0.15, 0.2) is 0 Å². The molecule has 0 saturated carbocycles. The van der Waals surface area contributed by atoms with E-state index in [0.29, 0.717) is 5.01 Å². The number of aryl methyl sites for hydroxylation is 1. The maximum absolute atomic E-state index is 13.4. The largest absolute Gasteiger partial charge is 0.245 e. The molecular formula is C12H10FN3O2S2. The third-order valence-electron chi connectivity index (χ3n) is 2.46. The molecule has 0 radical (unpaired) electrons. The Morgan fingerprint density at radius 2 is 2.25 bits per heavy atom. The number of hydrogen-bond donors (Lipinski definition) is 1. The van der Waals surface area contributed by atoms with Crippen LogP contribution in [-0.4, -0.2) is 13.4 Å². The number of aromatic nitrogens is 1. The molecule has 104 valence electrons. The van der Waals surface area contributed by atoms with Gasteiger partial charge < -0.3 is 0 Å². The maximum Gasteiger partial charge on any atom is 0.242 e. The molecule has 2 aromatic rings. The van der Waals surface area contributed by atoms with E-state index in [4.69, 9.17) is 5.26 Å². The van der Waals surface area contributed by atoms with Crippen LogP contribution in [0.4, 0.5) is 4.39 Å². The molecule has 2 rings (SSSR count). The fourth-order valence-corrected chi connectivity index (χ4v) is 3.51. The average Bonchev–Trinajstić information content (AvgIpc) is 2.82. The van der Waals surface area contributed by atoms with Gasteiger partial charge in [0.1, 0.15) is 27.4 Å². The molecule has 1 heterocycles. The number of nitrogens with zero attached hydrogens (tertiary/aromatic N) is 2. The molecule has 1 N–H and O–H groups in total. The van der Waals surface area contributed by atoms with Gasteiger partial charge in [0.05, 0.1) is 6.54 Å². The zero-order valence-electron chi connectivity index (χ0n) is 10.4. The summed E-state index contributed by atoms with van der Waals surface area (Å²) in [5.41, 5.74) is 0.308. The summed E-state index contributed by atoms with van der Waals surface area (Å²) in [6, 6.07) is 5.05. The average molecular weight is 311 g/mol. The number of nitrogens with one attached hydrogen (secondary N) is 1. The molecule has 8 heteroatoms. The van der Waals surface area contributed by atoms with E-state index in [1.807, 2.05) is 0 Å². The molecule has 0 spiro atoms. The Kier molecular flexibility index (Phi) is 4.13. The van der Waals surface area contributed by atoms with Crippen LogP contribution in [0.15, 0.2) is 28.5 Å². The lowest BCUT2D eigenvalue weighted by atomic mass is 10.2. The molecule has 0 aliphatic heterocycles.